The number of pyridine rings is 1. The molecule has 0 atom stereocenters. The Labute approximate surface area is 86.2 Å². The largest absolute Gasteiger partial charge is 0.344 e. The molecule has 74 valence electrons. The van der Waals surface area contributed by atoms with Gasteiger partial charge in [0.05, 0.1) is 12.2 Å². The van der Waals surface area contributed by atoms with Crippen molar-refractivity contribution >= 4 is 33.7 Å². The molecule has 0 aliphatic carbocycles. The summed E-state index contributed by atoms with van der Waals surface area (Å²) in [6, 6.07) is 3.05. The molecule has 1 aliphatic rings. The Balaban J connectivity index is 2.43. The summed E-state index contributed by atoms with van der Waals surface area (Å²) in [5, 5.41) is 0.254. The maximum atomic E-state index is 11.3. The Bertz CT molecular complexity index is 485. The van der Waals surface area contributed by atoms with Gasteiger partial charge in [-0.05, 0) is 12.1 Å². The summed E-state index contributed by atoms with van der Waals surface area (Å²) in [6.45, 7) is 0.239. The van der Waals surface area contributed by atoms with E-state index in [0.29, 0.717) is 5.69 Å². The van der Waals surface area contributed by atoms with Crippen molar-refractivity contribution in [2.75, 3.05) is 10.8 Å². The average Bonchev–Trinajstić information content (AvgIpc) is 2.45. The molecule has 0 saturated carbocycles. The lowest BCUT2D eigenvalue weighted by atomic mass is 10.4. The van der Waals surface area contributed by atoms with Crippen LogP contribution in [-0.2, 0) is 10.2 Å². The van der Waals surface area contributed by atoms with Crippen molar-refractivity contribution < 1.29 is 8.42 Å². The van der Waals surface area contributed by atoms with Crippen LogP contribution in [0.2, 0.25) is 5.15 Å². The number of rotatable bonds is 1. The van der Waals surface area contributed by atoms with E-state index < -0.39 is 10.2 Å². The second kappa shape index (κ2) is 3.21. The first-order valence-electron chi connectivity index (χ1n) is 3.77. The molecule has 0 amide bonds. The molecule has 0 unspecified atom stereocenters. The van der Waals surface area contributed by atoms with Crippen LogP contribution in [0.25, 0.3) is 0 Å². The second-order valence-corrected chi connectivity index (χ2v) is 4.57. The lowest BCUT2D eigenvalue weighted by Crippen LogP contribution is -2.25. The van der Waals surface area contributed by atoms with Crippen molar-refractivity contribution in [3.05, 3.63) is 23.5 Å². The first kappa shape index (κ1) is 9.42. The Morgan fingerprint density at radius 3 is 2.86 bits per heavy atom. The average molecular weight is 232 g/mol. The van der Waals surface area contributed by atoms with Crippen LogP contribution in [0.3, 0.4) is 0 Å². The molecule has 14 heavy (non-hydrogen) atoms. The lowest BCUT2D eigenvalue weighted by molar-refractivity contribution is 0.597. The number of aromatic nitrogens is 1. The van der Waals surface area contributed by atoms with Crippen LogP contribution in [0, 0.1) is 0 Å². The minimum atomic E-state index is -3.54. The van der Waals surface area contributed by atoms with Gasteiger partial charge in [0.1, 0.15) is 5.15 Å². The fraction of sp³-hybridized carbons (Fsp3) is 0.143. The zero-order chi connectivity index (χ0) is 10.2. The number of halogens is 1. The van der Waals surface area contributed by atoms with Gasteiger partial charge in [-0.3, -0.25) is 0 Å². The number of hydrogen-bond donors (Lipinski definition) is 0. The van der Waals surface area contributed by atoms with Crippen molar-refractivity contribution in [2.45, 2.75) is 0 Å². The lowest BCUT2D eigenvalue weighted by Gasteiger charge is -2.14. The van der Waals surface area contributed by atoms with Crippen molar-refractivity contribution in [3.63, 3.8) is 0 Å². The molecule has 1 aromatic rings. The van der Waals surface area contributed by atoms with Crippen molar-refractivity contribution in [1.82, 2.24) is 4.98 Å². The van der Waals surface area contributed by atoms with Crippen molar-refractivity contribution in [1.29, 1.82) is 0 Å². The van der Waals surface area contributed by atoms with Gasteiger partial charge in [0, 0.05) is 12.4 Å². The minimum absolute atomic E-state index is 0.239. The monoisotopic (exact) mass is 231 g/mol. The highest BCUT2D eigenvalue weighted by Gasteiger charge is 2.24. The molecule has 5 nitrogen and oxygen atoms in total. The summed E-state index contributed by atoms with van der Waals surface area (Å²) < 4.78 is 27.2. The summed E-state index contributed by atoms with van der Waals surface area (Å²) >= 11 is 5.64. The molecule has 1 aromatic heterocycles. The van der Waals surface area contributed by atoms with Crippen molar-refractivity contribution in [3.8, 4) is 0 Å². The van der Waals surface area contributed by atoms with Crippen LogP contribution in [0.1, 0.15) is 0 Å². The van der Waals surface area contributed by atoms with Crippen LogP contribution < -0.4 is 4.31 Å². The smallest absolute Gasteiger partial charge is 0.246 e. The molecule has 0 aromatic carbocycles. The summed E-state index contributed by atoms with van der Waals surface area (Å²) in [5.41, 5.74) is 0.475. The van der Waals surface area contributed by atoms with E-state index in [2.05, 4.69) is 9.38 Å². The van der Waals surface area contributed by atoms with Gasteiger partial charge in [-0.25, -0.2) is 9.29 Å². The predicted molar refractivity (Wildman–Crippen MR) is 54.0 cm³/mol. The van der Waals surface area contributed by atoms with Crippen LogP contribution in [-0.4, -0.2) is 26.2 Å². The molecule has 2 heterocycles. The van der Waals surface area contributed by atoms with E-state index >= 15 is 0 Å². The summed E-state index contributed by atoms with van der Waals surface area (Å²) in [7, 11) is -3.54. The Hall–Kier alpha value is -1.14. The topological polar surface area (TPSA) is 62.6 Å². The molecule has 0 N–H and O–H groups in total. The molecule has 0 fully saturated rings. The third-order valence-corrected chi connectivity index (χ3v) is 3.27. The molecule has 0 bridgehead atoms. The fourth-order valence-corrected chi connectivity index (χ4v) is 2.31. The highest BCUT2D eigenvalue weighted by Crippen LogP contribution is 2.22. The predicted octanol–water partition coefficient (Wildman–Crippen LogP) is 0.871. The Morgan fingerprint density at radius 2 is 2.29 bits per heavy atom. The maximum absolute atomic E-state index is 11.3. The highest BCUT2D eigenvalue weighted by atomic mass is 35.5. The van der Waals surface area contributed by atoms with Gasteiger partial charge in [0.25, 0.3) is 0 Å². The van der Waals surface area contributed by atoms with Crippen LogP contribution >= 0.6 is 11.6 Å². The van der Waals surface area contributed by atoms with Gasteiger partial charge in [0.2, 0.25) is 0 Å². The summed E-state index contributed by atoms with van der Waals surface area (Å²) in [5.74, 6) is 0. The minimum Gasteiger partial charge on any atom is -0.246 e. The van der Waals surface area contributed by atoms with E-state index in [1.54, 1.807) is 6.07 Å². The summed E-state index contributed by atoms with van der Waals surface area (Å²) in [4.78, 5) is 3.76. The standard InChI is InChI=1S/C7H6ClN3O2S/c8-7-5-6(1-2-9-7)11-4-3-10-14(11,12)13/h1-3,5H,4H2. The molecule has 1 aliphatic heterocycles. The van der Waals surface area contributed by atoms with E-state index in [1.807, 2.05) is 0 Å². The van der Waals surface area contributed by atoms with Gasteiger partial charge >= 0.3 is 10.2 Å². The molecule has 0 spiro atoms. The van der Waals surface area contributed by atoms with Crippen LogP contribution in [0.4, 0.5) is 5.69 Å². The van der Waals surface area contributed by atoms with Gasteiger partial charge in [0.15, 0.2) is 0 Å². The molecular weight excluding hydrogens is 226 g/mol. The quantitative estimate of drug-likeness (QED) is 0.674. The molecule has 0 saturated heterocycles. The molecule has 7 heteroatoms. The number of hydrogen-bond acceptors (Lipinski definition) is 3. The highest BCUT2D eigenvalue weighted by molar-refractivity contribution is 7.92. The molecule has 2 rings (SSSR count). The number of nitrogens with zero attached hydrogens (tertiary/aromatic N) is 3. The SMILES string of the molecule is O=S1(=O)N=CCN1c1ccnc(Cl)c1. The van der Waals surface area contributed by atoms with E-state index in [0.717, 1.165) is 4.31 Å². The van der Waals surface area contributed by atoms with Gasteiger partial charge < -0.3 is 0 Å². The normalized spacial score (nSPS) is 18.8. The Kier molecular flexibility index (Phi) is 2.16. The van der Waals surface area contributed by atoms with Gasteiger partial charge in [-0.15, -0.1) is 0 Å². The van der Waals surface area contributed by atoms with Gasteiger partial charge in [-0.2, -0.15) is 12.8 Å². The van der Waals surface area contributed by atoms with E-state index in [1.165, 1.54) is 18.5 Å². The zero-order valence-corrected chi connectivity index (χ0v) is 8.53. The summed E-state index contributed by atoms with van der Waals surface area (Å²) in [6.07, 6.45) is 2.79. The van der Waals surface area contributed by atoms with Crippen molar-refractivity contribution in [2.24, 2.45) is 4.40 Å². The first-order valence-corrected chi connectivity index (χ1v) is 5.55. The maximum Gasteiger partial charge on any atom is 0.344 e. The van der Waals surface area contributed by atoms with Crippen LogP contribution in [0.15, 0.2) is 22.7 Å². The zero-order valence-electron chi connectivity index (χ0n) is 6.96. The molecule has 0 radical (unpaired) electrons. The number of anilines is 1. The van der Waals surface area contributed by atoms with E-state index in [9.17, 15) is 8.42 Å². The second-order valence-electron chi connectivity index (χ2n) is 2.63. The van der Waals surface area contributed by atoms with E-state index in [-0.39, 0.29) is 11.7 Å². The Morgan fingerprint density at radius 1 is 1.50 bits per heavy atom. The van der Waals surface area contributed by atoms with Gasteiger partial charge in [-0.1, -0.05) is 11.6 Å². The first-order chi connectivity index (χ1) is 6.59. The van der Waals surface area contributed by atoms with Crippen LogP contribution in [0.5, 0.6) is 0 Å². The van der Waals surface area contributed by atoms with E-state index in [4.69, 9.17) is 11.6 Å². The fourth-order valence-electron chi connectivity index (χ4n) is 1.14. The third-order valence-electron chi connectivity index (χ3n) is 1.73. The molecular formula is C7H6ClN3O2S. The third kappa shape index (κ3) is 1.58.